The van der Waals surface area contributed by atoms with Crippen LogP contribution < -0.4 is 5.56 Å². The maximum atomic E-state index is 12.8. The van der Waals surface area contributed by atoms with Crippen molar-refractivity contribution in [3.05, 3.63) is 310 Å². The molecule has 1 atom stereocenters. The van der Waals surface area contributed by atoms with Gasteiger partial charge in [-0.25, -0.2) is 54.8 Å². The average molecular weight is 2070 g/mol. The van der Waals surface area contributed by atoms with Gasteiger partial charge in [0, 0.05) is 209 Å². The van der Waals surface area contributed by atoms with Crippen LogP contribution in [0, 0.1) is 36.5 Å². The van der Waals surface area contributed by atoms with Gasteiger partial charge in [0.05, 0.1) is 95.4 Å². The number of nitrogens with one attached hydrogen (secondary N) is 1. The van der Waals surface area contributed by atoms with Crippen LogP contribution >= 0.6 is 46.4 Å². The van der Waals surface area contributed by atoms with Crippen molar-refractivity contribution in [1.29, 1.82) is 0 Å². The molecule has 37 heteroatoms. The van der Waals surface area contributed by atoms with Crippen LogP contribution in [0.3, 0.4) is 0 Å². The molecular formula is C111H114Cl4N26O7. The van der Waals surface area contributed by atoms with Crippen molar-refractivity contribution in [3.63, 3.8) is 0 Å². The Morgan fingerprint density at radius 3 is 1.26 bits per heavy atom. The van der Waals surface area contributed by atoms with Crippen molar-refractivity contribution in [1.82, 2.24) is 126 Å². The lowest BCUT2D eigenvalue weighted by molar-refractivity contribution is 0.0689. The largest absolute Gasteiger partial charge is 0.339 e. The fourth-order valence-electron chi connectivity index (χ4n) is 19.3. The maximum absolute atomic E-state index is 12.8. The van der Waals surface area contributed by atoms with Gasteiger partial charge in [-0.3, -0.25) is 65.6 Å². The molecule has 6 amide bonds. The molecule has 6 aliphatic rings. The second kappa shape index (κ2) is 45.4. The van der Waals surface area contributed by atoms with Crippen LogP contribution in [0.5, 0.6) is 0 Å². The summed E-state index contributed by atoms with van der Waals surface area (Å²) in [4.78, 5) is 149. The van der Waals surface area contributed by atoms with Crippen molar-refractivity contribution >= 4 is 148 Å². The standard InChI is InChI=1S/C20H22N4O.C19H20N4O2.C18H15Cl2N3O.C18H20ClN5O.C18H18ClN5O.C18H19N5O/c1-14-7-9-23(10-8-14)20(25)16-4-5-18-17(11-16)22-13-24(18)19-6-3-15(2)12-21-19;1-13-4-7-22(8-5-13)19(25)15-10-14-6-9-23(18(14)21-11-15)16-2-3-17(24)20-12-16;19-13-2-1-3-15(9-13)23-11-21-16-8-12(4-5-17(16)23)18(24)22-7-6-14(20)10-22;1-12-3-5-23(6-4-12)18(25)13-7-15-16(19)11-24(17(15)20-8-13)14-9-21-22(2)10-14;1-12-2-4-23(5-3-12)18(25)13-6-15-16(19)10-24(17(15)22-7-13)14-8-20-11-21-9-14;1-13-3-7-22(8-4-13)18(24)15-10-14-5-9-23(17(14)20-11-15)16-2-6-19-12-21-16/h3-6,11-14H,7-10H2,1-2H3;2-3,6,9-13H,4-5,7-8H2,1H3,(H,20,24);1-5,8-9,11,14H,6-7,10H2;7-12H,3-6H2,1-2H3;6-12H,2-5H2,1H3;2,5-6,9-13H,3-4,7-8H2,1H3. The highest BCUT2D eigenvalue weighted by Gasteiger charge is 2.32. The average Bonchev–Trinajstić information content (AvgIpc) is 1.68. The smallest absolute Gasteiger partial charge is 0.255 e. The molecule has 148 heavy (non-hydrogen) atoms. The monoisotopic (exact) mass is 2060 g/mol. The number of benzene rings is 3. The third-order valence-electron chi connectivity index (χ3n) is 28.5. The molecule has 24 rings (SSSR count). The number of H-pyrrole nitrogens is 1. The zero-order valence-electron chi connectivity index (χ0n) is 83.4. The van der Waals surface area contributed by atoms with Crippen molar-refractivity contribution in [2.75, 3.05) is 78.5 Å². The maximum Gasteiger partial charge on any atom is 0.255 e. The number of halogens is 4. The van der Waals surface area contributed by atoms with Gasteiger partial charge in [0.25, 0.3) is 35.4 Å². The van der Waals surface area contributed by atoms with Crippen LogP contribution in [0.1, 0.15) is 173 Å². The molecule has 6 aliphatic heterocycles. The molecule has 6 fully saturated rings. The van der Waals surface area contributed by atoms with Crippen LogP contribution in [0.4, 0.5) is 0 Å². The second-order valence-corrected chi connectivity index (χ2v) is 41.2. The summed E-state index contributed by atoms with van der Waals surface area (Å²) in [5, 5.41) is 9.41. The van der Waals surface area contributed by atoms with E-state index < -0.39 is 0 Å². The van der Waals surface area contributed by atoms with Gasteiger partial charge < -0.3 is 34.4 Å². The van der Waals surface area contributed by atoms with Crippen LogP contribution in [0.2, 0.25) is 15.1 Å². The molecule has 18 aromatic rings. The first-order chi connectivity index (χ1) is 71.7. The number of alkyl halides is 1. The minimum absolute atomic E-state index is 0.0114. The summed E-state index contributed by atoms with van der Waals surface area (Å²) in [5.74, 6) is 5.37. The summed E-state index contributed by atoms with van der Waals surface area (Å²) in [5.41, 5.74) is 14.7. The van der Waals surface area contributed by atoms with Crippen molar-refractivity contribution < 1.29 is 28.8 Å². The molecule has 21 heterocycles. The van der Waals surface area contributed by atoms with Gasteiger partial charge in [0.2, 0.25) is 5.56 Å². The predicted octanol–water partition coefficient (Wildman–Crippen LogP) is 19.6. The normalized spacial score (nSPS) is 16.0. The van der Waals surface area contributed by atoms with E-state index in [-0.39, 0.29) is 46.4 Å². The number of fused-ring (bicyclic) bond motifs is 6. The van der Waals surface area contributed by atoms with E-state index in [2.05, 4.69) is 99.5 Å². The fourth-order valence-corrected chi connectivity index (χ4v) is 20.3. The third kappa shape index (κ3) is 23.1. The number of nitrogens with zero attached hydrogens (tertiary/aromatic N) is 25. The Kier molecular flexibility index (Phi) is 31.1. The third-order valence-corrected chi connectivity index (χ3v) is 29.7. The van der Waals surface area contributed by atoms with Crippen LogP contribution in [-0.2, 0) is 7.05 Å². The summed E-state index contributed by atoms with van der Waals surface area (Å²) in [6.07, 6.45) is 44.2. The Balaban J connectivity index is 0.000000112. The molecule has 0 bridgehead atoms. The highest BCUT2D eigenvalue weighted by molar-refractivity contribution is 6.36. The molecule has 1 unspecified atom stereocenters. The number of aryl methyl sites for hydroxylation is 2. The molecule has 0 radical (unpaired) electrons. The minimum Gasteiger partial charge on any atom is -0.339 e. The highest BCUT2D eigenvalue weighted by Crippen LogP contribution is 2.35. The quantitative estimate of drug-likeness (QED) is 0.111. The number of hydrogen-bond donors (Lipinski definition) is 1. The molecule has 0 aliphatic carbocycles. The van der Waals surface area contributed by atoms with Gasteiger partial charge in [-0.2, -0.15) is 5.10 Å². The molecule has 3 aromatic carbocycles. The lowest BCUT2D eigenvalue weighted by Gasteiger charge is -2.30. The number of aromatic amines is 1. The number of piperidine rings is 5. The SMILES string of the molecule is CC1CCN(C(=O)c2cnc3c(c2)c(Cl)cn3-c2cncnc2)CC1.CC1CCN(C(=O)c2cnc3c(c2)c(Cl)cn3-c2cnn(C)c2)CC1.CC1CCN(C(=O)c2cnc3c(ccn3-c3ccc(=O)[nH]c3)c2)CC1.CC1CCN(C(=O)c2cnc3c(ccn3-c3ccncn3)c2)CC1.Cc1ccc(-n2cnc3cc(C(=O)N4CCC(C)CC4)ccc32)nc1.O=C(c1ccc2c(c1)ncn2-c1cccc(Cl)c1)N1CCC(Cl)C1. The zero-order valence-corrected chi connectivity index (χ0v) is 86.4. The molecular weight excluding hydrogens is 1950 g/mol. The Hall–Kier alpha value is -15.2. The van der Waals surface area contributed by atoms with Gasteiger partial charge >= 0.3 is 0 Å². The van der Waals surface area contributed by atoms with E-state index >= 15 is 0 Å². The van der Waals surface area contributed by atoms with Crippen molar-refractivity contribution in [2.24, 2.45) is 36.6 Å². The number of carbonyl (C=O) groups excluding carboxylic acids is 6. The van der Waals surface area contributed by atoms with Crippen LogP contribution in [0.15, 0.2) is 250 Å². The number of aromatic nitrogens is 20. The Morgan fingerprint density at radius 2 is 0.811 bits per heavy atom. The molecule has 758 valence electrons. The number of amides is 6. The predicted molar refractivity (Wildman–Crippen MR) is 574 cm³/mol. The molecule has 1 N–H and O–H groups in total. The van der Waals surface area contributed by atoms with E-state index in [4.69, 9.17) is 46.4 Å². The lowest BCUT2D eigenvalue weighted by Crippen LogP contribution is -2.37. The number of carbonyl (C=O) groups is 6. The summed E-state index contributed by atoms with van der Waals surface area (Å²) in [7, 11) is 1.86. The number of pyridine rings is 6. The molecule has 0 spiro atoms. The van der Waals surface area contributed by atoms with E-state index in [0.717, 1.165) is 237 Å². The summed E-state index contributed by atoms with van der Waals surface area (Å²) >= 11 is 25.0. The molecule has 6 saturated heterocycles. The number of hydrogen-bond acceptors (Lipinski definition) is 19. The van der Waals surface area contributed by atoms with Gasteiger partial charge in [-0.15, -0.1) is 11.6 Å². The Bertz CT molecular complexity index is 7890. The van der Waals surface area contributed by atoms with Gasteiger partial charge in [-0.05, 0) is 222 Å². The first kappa shape index (κ1) is 101. The van der Waals surface area contributed by atoms with Gasteiger partial charge in [0.1, 0.15) is 59.5 Å². The number of likely N-dealkylation sites (tertiary alicyclic amines) is 6. The molecule has 0 saturated carbocycles. The Morgan fingerprint density at radius 1 is 0.358 bits per heavy atom. The van der Waals surface area contributed by atoms with Crippen molar-refractivity contribution in [3.8, 4) is 34.4 Å². The van der Waals surface area contributed by atoms with Gasteiger partial charge in [0.15, 0.2) is 0 Å². The van der Waals surface area contributed by atoms with Crippen molar-refractivity contribution in [2.45, 2.75) is 118 Å². The fraction of sp³-hybridized carbons (Fsp3) is 0.324. The number of rotatable bonds is 12. The first-order valence-electron chi connectivity index (χ1n) is 50.2. The second-order valence-electron chi connectivity index (χ2n) is 39.3. The lowest BCUT2D eigenvalue weighted by atomic mass is 9.98. The highest BCUT2D eigenvalue weighted by atomic mass is 35.5. The molecule has 15 aromatic heterocycles. The van der Waals surface area contributed by atoms with E-state index in [0.29, 0.717) is 96.8 Å². The van der Waals surface area contributed by atoms with E-state index in [1.54, 1.807) is 90.3 Å². The number of imidazole rings is 2. The van der Waals surface area contributed by atoms with Crippen LogP contribution in [-0.4, -0.2) is 246 Å². The minimum atomic E-state index is -0.142. The summed E-state index contributed by atoms with van der Waals surface area (Å²) in [6.45, 7) is 22.7. The topological polar surface area (TPSA) is 344 Å². The van der Waals surface area contributed by atoms with E-state index in [9.17, 15) is 33.6 Å². The zero-order chi connectivity index (χ0) is 103. The first-order valence-corrected chi connectivity index (χ1v) is 51.8. The van der Waals surface area contributed by atoms with E-state index in [1.165, 1.54) is 18.7 Å². The Labute approximate surface area is 874 Å². The molecule has 33 nitrogen and oxygen atoms in total. The van der Waals surface area contributed by atoms with Crippen LogP contribution in [0.25, 0.3) is 101 Å². The summed E-state index contributed by atoms with van der Waals surface area (Å²) < 4.78 is 13.1. The van der Waals surface area contributed by atoms with Gasteiger partial charge in [-0.1, -0.05) is 81.6 Å². The van der Waals surface area contributed by atoms with E-state index in [1.807, 2.05) is 212 Å². The summed E-state index contributed by atoms with van der Waals surface area (Å²) in [6, 6.07) is 39.4.